The van der Waals surface area contributed by atoms with E-state index < -0.39 is 0 Å². The number of carbonyl (C=O) groups excluding carboxylic acids is 1. The zero-order valence-electron chi connectivity index (χ0n) is 12.7. The van der Waals surface area contributed by atoms with E-state index in [9.17, 15) is 9.90 Å². The molecule has 0 unspecified atom stereocenters. The molecule has 3 aromatic rings. The van der Waals surface area contributed by atoms with E-state index in [1.165, 1.54) is 28.2 Å². The predicted molar refractivity (Wildman–Crippen MR) is 89.7 cm³/mol. The summed E-state index contributed by atoms with van der Waals surface area (Å²) in [7, 11) is 0. The summed E-state index contributed by atoms with van der Waals surface area (Å²) in [6.45, 7) is 1.39. The summed E-state index contributed by atoms with van der Waals surface area (Å²) in [5.41, 5.74) is 4.27. The second kappa shape index (κ2) is 5.47. The maximum atomic E-state index is 12.6. The van der Waals surface area contributed by atoms with E-state index in [4.69, 9.17) is 0 Å². The lowest BCUT2D eigenvalue weighted by Crippen LogP contribution is -2.33. The van der Waals surface area contributed by atoms with Gasteiger partial charge in [0.2, 0.25) is 0 Å². The number of amides is 1. The highest BCUT2D eigenvalue weighted by Crippen LogP contribution is 2.26. The molecule has 23 heavy (non-hydrogen) atoms. The van der Waals surface area contributed by atoms with Gasteiger partial charge >= 0.3 is 0 Å². The Bertz CT molecular complexity index is 882. The van der Waals surface area contributed by atoms with E-state index >= 15 is 0 Å². The quantitative estimate of drug-likeness (QED) is 0.726. The average molecular weight is 306 g/mol. The normalized spacial score (nSPS) is 14.5. The van der Waals surface area contributed by atoms with Crippen molar-refractivity contribution in [3.8, 4) is 5.75 Å². The number of aromatic nitrogens is 1. The second-order valence-corrected chi connectivity index (χ2v) is 5.97. The largest absolute Gasteiger partial charge is 0.508 e. The highest BCUT2D eigenvalue weighted by molar-refractivity contribution is 5.95. The van der Waals surface area contributed by atoms with Crippen LogP contribution in [0.5, 0.6) is 5.75 Å². The molecule has 4 rings (SSSR count). The van der Waals surface area contributed by atoms with Gasteiger partial charge in [-0.2, -0.15) is 0 Å². The summed E-state index contributed by atoms with van der Waals surface area (Å²) in [6.07, 6.45) is 1.68. The van der Waals surface area contributed by atoms with Crippen LogP contribution in [0.3, 0.4) is 0 Å². The molecule has 0 radical (unpaired) electrons. The first kappa shape index (κ1) is 13.9. The van der Waals surface area contributed by atoms with Crippen LogP contribution in [-0.4, -0.2) is 34.0 Å². The van der Waals surface area contributed by atoms with Gasteiger partial charge in [0.15, 0.2) is 0 Å². The number of aromatic hydroxyl groups is 1. The summed E-state index contributed by atoms with van der Waals surface area (Å²) in [5.74, 6) is 0.109. The number of para-hydroxylation sites is 1. The average Bonchev–Trinajstić information content (AvgIpc) is 2.79. The van der Waals surface area contributed by atoms with Crippen molar-refractivity contribution < 1.29 is 9.90 Å². The summed E-state index contributed by atoms with van der Waals surface area (Å²) < 4.78 is 0. The van der Waals surface area contributed by atoms with Crippen LogP contribution in [-0.2, 0) is 12.8 Å². The third kappa shape index (κ3) is 2.46. The molecule has 1 aromatic heterocycles. The molecule has 0 atom stereocenters. The van der Waals surface area contributed by atoms with Gasteiger partial charge in [0.1, 0.15) is 5.75 Å². The van der Waals surface area contributed by atoms with Crippen molar-refractivity contribution in [3.05, 3.63) is 65.4 Å². The molecule has 0 saturated heterocycles. The fourth-order valence-corrected chi connectivity index (χ4v) is 3.38. The number of aromatic amines is 1. The molecule has 0 aliphatic carbocycles. The minimum atomic E-state index is -0.0182. The molecule has 2 N–H and O–H groups in total. The zero-order chi connectivity index (χ0) is 15.8. The van der Waals surface area contributed by atoms with Crippen molar-refractivity contribution in [2.45, 2.75) is 12.8 Å². The highest BCUT2D eigenvalue weighted by Gasteiger charge is 2.22. The molecule has 0 spiro atoms. The van der Waals surface area contributed by atoms with Gasteiger partial charge in [0.05, 0.1) is 0 Å². The molecule has 2 heterocycles. The van der Waals surface area contributed by atoms with Gasteiger partial charge in [-0.15, -0.1) is 0 Å². The lowest BCUT2D eigenvalue weighted by Gasteiger charge is -2.20. The first-order valence-electron chi connectivity index (χ1n) is 7.89. The summed E-state index contributed by atoms with van der Waals surface area (Å²) in [5, 5.41) is 10.8. The number of H-pyrrole nitrogens is 1. The second-order valence-electron chi connectivity index (χ2n) is 5.97. The molecule has 0 fully saturated rings. The van der Waals surface area contributed by atoms with Crippen LogP contribution >= 0.6 is 0 Å². The lowest BCUT2D eigenvalue weighted by molar-refractivity contribution is 0.0762. The Morgan fingerprint density at radius 3 is 2.74 bits per heavy atom. The third-order valence-corrected chi connectivity index (χ3v) is 4.55. The van der Waals surface area contributed by atoms with Crippen molar-refractivity contribution >= 4 is 16.8 Å². The minimum Gasteiger partial charge on any atom is -0.508 e. The monoisotopic (exact) mass is 306 g/mol. The maximum absolute atomic E-state index is 12.6. The summed E-state index contributed by atoms with van der Waals surface area (Å²) >= 11 is 0. The van der Waals surface area contributed by atoms with Crippen LogP contribution in [0.1, 0.15) is 21.6 Å². The third-order valence-electron chi connectivity index (χ3n) is 4.55. The Hall–Kier alpha value is -2.75. The van der Waals surface area contributed by atoms with Crippen LogP contribution in [0.25, 0.3) is 10.9 Å². The molecule has 2 aromatic carbocycles. The van der Waals surface area contributed by atoms with Gasteiger partial charge < -0.3 is 15.0 Å². The molecule has 4 nitrogen and oxygen atoms in total. The van der Waals surface area contributed by atoms with Gasteiger partial charge in [0, 0.05) is 41.7 Å². The Morgan fingerprint density at radius 2 is 1.87 bits per heavy atom. The van der Waals surface area contributed by atoms with E-state index in [1.54, 1.807) is 18.2 Å². The van der Waals surface area contributed by atoms with Gasteiger partial charge in [-0.25, -0.2) is 0 Å². The van der Waals surface area contributed by atoms with E-state index in [0.29, 0.717) is 18.7 Å². The number of fused-ring (bicyclic) bond motifs is 3. The lowest BCUT2D eigenvalue weighted by atomic mass is 10.1. The molecule has 116 valence electrons. The van der Waals surface area contributed by atoms with Crippen LogP contribution in [0.4, 0.5) is 0 Å². The van der Waals surface area contributed by atoms with Crippen molar-refractivity contribution in [2.75, 3.05) is 13.1 Å². The van der Waals surface area contributed by atoms with Crippen molar-refractivity contribution in [1.29, 1.82) is 0 Å². The number of phenols is 1. The predicted octanol–water partition coefficient (Wildman–Crippen LogP) is 3.11. The van der Waals surface area contributed by atoms with E-state index in [-0.39, 0.29) is 11.7 Å². The van der Waals surface area contributed by atoms with E-state index in [1.807, 2.05) is 11.0 Å². The number of phenolic OH excluding ortho intramolecular Hbond substituents is 1. The molecule has 0 saturated carbocycles. The zero-order valence-corrected chi connectivity index (χ0v) is 12.7. The number of carbonyl (C=O) groups is 1. The van der Waals surface area contributed by atoms with Gasteiger partial charge in [0.25, 0.3) is 5.91 Å². The SMILES string of the molecule is O=C(c1cccc(O)c1)N1CCc2[nH]c3ccccc3c2CC1. The van der Waals surface area contributed by atoms with Gasteiger partial charge in [-0.1, -0.05) is 24.3 Å². The standard InChI is InChI=1S/C19H18N2O2/c22-14-5-3-4-13(12-14)19(23)21-10-8-16-15-6-1-2-7-17(15)20-18(16)9-11-21/h1-7,12,20,22H,8-11H2. The highest BCUT2D eigenvalue weighted by atomic mass is 16.3. The van der Waals surface area contributed by atoms with E-state index in [0.717, 1.165) is 12.8 Å². The molecule has 1 aliphatic heterocycles. The van der Waals surface area contributed by atoms with Gasteiger partial charge in [-0.3, -0.25) is 4.79 Å². The molecule has 0 bridgehead atoms. The topological polar surface area (TPSA) is 56.3 Å². The fourth-order valence-electron chi connectivity index (χ4n) is 3.38. The summed E-state index contributed by atoms with van der Waals surface area (Å²) in [4.78, 5) is 18.0. The molecular weight excluding hydrogens is 288 g/mol. The van der Waals surface area contributed by atoms with Crippen LogP contribution < -0.4 is 0 Å². The maximum Gasteiger partial charge on any atom is 0.254 e. The molecule has 1 aliphatic rings. The molecular formula is C19H18N2O2. The Kier molecular flexibility index (Phi) is 3.30. The number of hydrogen-bond donors (Lipinski definition) is 2. The Morgan fingerprint density at radius 1 is 1.04 bits per heavy atom. The Labute approximate surface area is 134 Å². The number of benzene rings is 2. The first-order chi connectivity index (χ1) is 11.2. The van der Waals surface area contributed by atoms with Crippen LogP contribution in [0, 0.1) is 0 Å². The summed E-state index contributed by atoms with van der Waals surface area (Å²) in [6, 6.07) is 14.9. The smallest absolute Gasteiger partial charge is 0.254 e. The van der Waals surface area contributed by atoms with E-state index in [2.05, 4.69) is 23.2 Å². The fraction of sp³-hybridized carbons (Fsp3) is 0.211. The number of nitrogens with one attached hydrogen (secondary N) is 1. The van der Waals surface area contributed by atoms with Crippen LogP contribution in [0.15, 0.2) is 48.5 Å². The number of hydrogen-bond acceptors (Lipinski definition) is 2. The van der Waals surface area contributed by atoms with Crippen LogP contribution in [0.2, 0.25) is 0 Å². The van der Waals surface area contributed by atoms with Crippen molar-refractivity contribution in [1.82, 2.24) is 9.88 Å². The van der Waals surface area contributed by atoms with Crippen molar-refractivity contribution in [2.24, 2.45) is 0 Å². The van der Waals surface area contributed by atoms with Crippen molar-refractivity contribution in [3.63, 3.8) is 0 Å². The van der Waals surface area contributed by atoms with Gasteiger partial charge in [-0.05, 0) is 36.2 Å². The molecule has 4 heteroatoms. The Balaban J connectivity index is 1.60. The minimum absolute atomic E-state index is 0.0182. The number of rotatable bonds is 1. The molecule has 1 amide bonds. The first-order valence-corrected chi connectivity index (χ1v) is 7.89. The number of nitrogens with zero attached hydrogens (tertiary/aromatic N) is 1.